The van der Waals surface area contributed by atoms with Gasteiger partial charge < -0.3 is 14.9 Å². The van der Waals surface area contributed by atoms with Crippen molar-refractivity contribution >= 4 is 11.9 Å². The van der Waals surface area contributed by atoms with Crippen LogP contribution in [0.15, 0.2) is 35.2 Å². The lowest BCUT2D eigenvalue weighted by molar-refractivity contribution is 0.0696. The molecule has 1 aromatic carbocycles. The number of benzene rings is 1. The number of carboxylic acid groups (broad SMARTS) is 1. The zero-order chi connectivity index (χ0) is 13.0. The molecule has 92 valence electrons. The molecule has 0 saturated heterocycles. The van der Waals surface area contributed by atoms with Gasteiger partial charge in [-0.05, 0) is 24.3 Å². The minimum atomic E-state index is -1.03. The molecule has 18 heavy (non-hydrogen) atoms. The van der Waals surface area contributed by atoms with Crippen LogP contribution < -0.4 is 5.32 Å². The van der Waals surface area contributed by atoms with E-state index in [9.17, 15) is 9.59 Å². The highest BCUT2D eigenvalue weighted by Crippen LogP contribution is 2.04. The van der Waals surface area contributed by atoms with Crippen molar-refractivity contribution in [2.75, 3.05) is 0 Å². The van der Waals surface area contributed by atoms with Gasteiger partial charge in [-0.3, -0.25) is 4.79 Å². The third-order valence-electron chi connectivity index (χ3n) is 2.21. The first kappa shape index (κ1) is 11.8. The highest BCUT2D eigenvalue weighted by Gasteiger charge is 2.08. The molecule has 0 radical (unpaired) electrons. The van der Waals surface area contributed by atoms with Gasteiger partial charge in [0, 0.05) is 5.56 Å². The molecule has 2 N–H and O–H groups in total. The van der Waals surface area contributed by atoms with Gasteiger partial charge in [-0.2, -0.15) is 4.98 Å². The molecule has 0 aliphatic rings. The summed E-state index contributed by atoms with van der Waals surface area (Å²) in [7, 11) is 0. The molecule has 1 heterocycles. The number of nitrogens with zero attached hydrogens (tertiary/aromatic N) is 2. The first-order valence-electron chi connectivity index (χ1n) is 5.03. The fourth-order valence-electron chi connectivity index (χ4n) is 1.30. The molecular formula is C11H9N3O4. The van der Waals surface area contributed by atoms with Crippen molar-refractivity contribution in [2.24, 2.45) is 0 Å². The topological polar surface area (TPSA) is 105 Å². The SMILES string of the molecule is O=C(O)c1ccc(C(=O)NCc2ncon2)cc1. The summed E-state index contributed by atoms with van der Waals surface area (Å²) in [6.45, 7) is 0.149. The summed E-state index contributed by atoms with van der Waals surface area (Å²) in [6.07, 6.45) is 1.17. The number of hydrogen-bond acceptors (Lipinski definition) is 5. The van der Waals surface area contributed by atoms with E-state index in [0.29, 0.717) is 11.4 Å². The summed E-state index contributed by atoms with van der Waals surface area (Å²) in [4.78, 5) is 26.1. The van der Waals surface area contributed by atoms with Crippen molar-refractivity contribution in [1.82, 2.24) is 15.5 Å². The van der Waals surface area contributed by atoms with E-state index in [4.69, 9.17) is 5.11 Å². The minimum absolute atomic E-state index is 0.129. The molecule has 0 fully saturated rings. The zero-order valence-corrected chi connectivity index (χ0v) is 9.16. The first-order valence-corrected chi connectivity index (χ1v) is 5.03. The van der Waals surface area contributed by atoms with Crippen LogP contribution >= 0.6 is 0 Å². The Morgan fingerprint density at radius 2 is 1.89 bits per heavy atom. The van der Waals surface area contributed by atoms with Gasteiger partial charge in [0.15, 0.2) is 5.82 Å². The Balaban J connectivity index is 1.98. The Kier molecular flexibility index (Phi) is 3.33. The Morgan fingerprint density at radius 3 is 2.44 bits per heavy atom. The summed E-state index contributed by atoms with van der Waals surface area (Å²) >= 11 is 0. The fraction of sp³-hybridized carbons (Fsp3) is 0.0909. The maximum atomic E-state index is 11.7. The number of carboxylic acids is 1. The van der Waals surface area contributed by atoms with E-state index in [1.807, 2.05) is 0 Å². The van der Waals surface area contributed by atoms with Crippen molar-refractivity contribution < 1.29 is 19.2 Å². The van der Waals surface area contributed by atoms with Crippen LogP contribution in [0, 0.1) is 0 Å². The van der Waals surface area contributed by atoms with Crippen LogP contribution in [0.5, 0.6) is 0 Å². The number of nitrogens with one attached hydrogen (secondary N) is 1. The lowest BCUT2D eigenvalue weighted by Gasteiger charge is -2.02. The molecule has 0 spiro atoms. The monoisotopic (exact) mass is 247 g/mol. The van der Waals surface area contributed by atoms with Gasteiger partial charge in [0.25, 0.3) is 5.91 Å². The van der Waals surface area contributed by atoms with Gasteiger partial charge in [0.2, 0.25) is 6.39 Å². The Bertz CT molecular complexity index is 548. The first-order chi connectivity index (χ1) is 8.66. The second-order valence-electron chi connectivity index (χ2n) is 3.41. The molecule has 7 heteroatoms. The summed E-state index contributed by atoms with van der Waals surface area (Å²) in [5.74, 6) is -1.00. The second-order valence-corrected chi connectivity index (χ2v) is 3.41. The van der Waals surface area contributed by atoms with Crippen LogP contribution in [0.3, 0.4) is 0 Å². The number of aromatic carboxylic acids is 1. The summed E-state index contributed by atoms with van der Waals surface area (Å²) < 4.78 is 4.52. The largest absolute Gasteiger partial charge is 0.478 e. The molecule has 1 amide bonds. The van der Waals surface area contributed by atoms with Gasteiger partial charge in [0.05, 0.1) is 12.1 Å². The van der Waals surface area contributed by atoms with E-state index in [1.54, 1.807) is 0 Å². The Morgan fingerprint density at radius 1 is 1.22 bits per heavy atom. The molecule has 0 unspecified atom stereocenters. The van der Waals surface area contributed by atoms with Crippen molar-refractivity contribution in [3.63, 3.8) is 0 Å². The summed E-state index contributed by atoms with van der Waals surface area (Å²) in [5, 5.41) is 14.8. The molecule has 1 aromatic heterocycles. The van der Waals surface area contributed by atoms with Gasteiger partial charge in [-0.1, -0.05) is 5.16 Å². The van der Waals surface area contributed by atoms with Crippen LogP contribution in [-0.2, 0) is 6.54 Å². The number of carbonyl (C=O) groups is 2. The van der Waals surface area contributed by atoms with E-state index < -0.39 is 5.97 Å². The van der Waals surface area contributed by atoms with Gasteiger partial charge in [0.1, 0.15) is 0 Å². The van der Waals surface area contributed by atoms with Gasteiger partial charge in [-0.25, -0.2) is 4.79 Å². The standard InChI is InChI=1S/C11H9N3O4/c15-10(12-5-9-13-6-18-14-9)7-1-3-8(4-2-7)11(16)17/h1-4,6H,5H2,(H,12,15)(H,16,17). The van der Waals surface area contributed by atoms with Crippen LogP contribution in [0.2, 0.25) is 0 Å². The summed E-state index contributed by atoms with van der Waals surface area (Å²) in [6, 6.07) is 5.61. The van der Waals surface area contributed by atoms with Crippen LogP contribution in [0.25, 0.3) is 0 Å². The average molecular weight is 247 g/mol. The number of aromatic nitrogens is 2. The predicted octanol–water partition coefficient (Wildman–Crippen LogP) is 0.698. The molecule has 0 aliphatic carbocycles. The molecule has 0 saturated carbocycles. The third kappa shape index (κ3) is 2.70. The fourth-order valence-corrected chi connectivity index (χ4v) is 1.30. The van der Waals surface area contributed by atoms with E-state index in [0.717, 1.165) is 0 Å². The second kappa shape index (κ2) is 5.09. The lowest BCUT2D eigenvalue weighted by Crippen LogP contribution is -2.23. The maximum absolute atomic E-state index is 11.7. The van der Waals surface area contributed by atoms with Crippen molar-refractivity contribution in [3.05, 3.63) is 47.6 Å². The van der Waals surface area contributed by atoms with E-state index in [2.05, 4.69) is 20.0 Å². The number of rotatable bonds is 4. The maximum Gasteiger partial charge on any atom is 0.335 e. The van der Waals surface area contributed by atoms with Crippen LogP contribution in [0.1, 0.15) is 26.5 Å². The van der Waals surface area contributed by atoms with Crippen LogP contribution in [-0.4, -0.2) is 27.1 Å². The highest BCUT2D eigenvalue weighted by atomic mass is 16.5. The average Bonchev–Trinajstić information content (AvgIpc) is 2.89. The Labute approximate surface area is 101 Å². The van der Waals surface area contributed by atoms with E-state index in [1.165, 1.54) is 30.7 Å². The molecular weight excluding hydrogens is 238 g/mol. The van der Waals surface area contributed by atoms with Gasteiger partial charge in [-0.15, -0.1) is 0 Å². The number of hydrogen-bond donors (Lipinski definition) is 2. The number of amides is 1. The molecule has 2 aromatic rings. The minimum Gasteiger partial charge on any atom is -0.478 e. The molecule has 2 rings (SSSR count). The van der Waals surface area contributed by atoms with Crippen molar-refractivity contribution in [2.45, 2.75) is 6.54 Å². The van der Waals surface area contributed by atoms with E-state index >= 15 is 0 Å². The number of carbonyl (C=O) groups excluding carboxylic acids is 1. The highest BCUT2D eigenvalue weighted by molar-refractivity contribution is 5.95. The molecule has 7 nitrogen and oxygen atoms in total. The third-order valence-corrected chi connectivity index (χ3v) is 2.21. The normalized spacial score (nSPS) is 10.0. The molecule has 0 bridgehead atoms. The van der Waals surface area contributed by atoms with Gasteiger partial charge >= 0.3 is 5.97 Å². The van der Waals surface area contributed by atoms with Crippen molar-refractivity contribution in [1.29, 1.82) is 0 Å². The lowest BCUT2D eigenvalue weighted by atomic mass is 10.1. The zero-order valence-electron chi connectivity index (χ0n) is 9.16. The van der Waals surface area contributed by atoms with Crippen molar-refractivity contribution in [3.8, 4) is 0 Å². The van der Waals surface area contributed by atoms with Crippen LogP contribution in [0.4, 0.5) is 0 Å². The Hall–Kier alpha value is -2.70. The molecule has 0 atom stereocenters. The smallest absolute Gasteiger partial charge is 0.335 e. The molecule has 0 aliphatic heterocycles. The predicted molar refractivity (Wildman–Crippen MR) is 58.9 cm³/mol. The summed E-state index contributed by atoms with van der Waals surface area (Å²) in [5.41, 5.74) is 0.494. The van der Waals surface area contributed by atoms with E-state index in [-0.39, 0.29) is 18.0 Å². The quantitative estimate of drug-likeness (QED) is 0.823.